The number of rotatable bonds is 2. The van der Waals surface area contributed by atoms with Gasteiger partial charge in [0.2, 0.25) is 0 Å². The Labute approximate surface area is 88.3 Å². The monoisotopic (exact) mass is 212 g/mol. The smallest absolute Gasteiger partial charge is 0.307 e. The van der Waals surface area contributed by atoms with E-state index in [1.54, 1.807) is 0 Å². The van der Waals surface area contributed by atoms with E-state index in [1.807, 2.05) is 0 Å². The maximum absolute atomic E-state index is 11.1. The number of hydrogen-bond donors (Lipinski definition) is 2. The molecule has 84 valence electrons. The molecule has 0 saturated heterocycles. The second-order valence-corrected chi connectivity index (χ2v) is 4.76. The Morgan fingerprint density at radius 2 is 1.20 bits per heavy atom. The highest BCUT2D eigenvalue weighted by molar-refractivity contribution is 5.80. The van der Waals surface area contributed by atoms with Gasteiger partial charge in [0.15, 0.2) is 0 Å². The van der Waals surface area contributed by atoms with Crippen LogP contribution in [0.15, 0.2) is 0 Å². The minimum atomic E-state index is -0.918. The number of carboxylic acids is 2. The normalized spacial score (nSPS) is 39.7. The van der Waals surface area contributed by atoms with Crippen molar-refractivity contribution in [2.24, 2.45) is 23.7 Å². The molecule has 0 heterocycles. The molecule has 0 radical (unpaired) electrons. The molecule has 0 amide bonds. The van der Waals surface area contributed by atoms with Crippen LogP contribution in [0.3, 0.4) is 0 Å². The van der Waals surface area contributed by atoms with E-state index >= 15 is 0 Å². The van der Waals surface area contributed by atoms with Crippen molar-refractivity contribution < 1.29 is 19.8 Å². The highest BCUT2D eigenvalue weighted by Crippen LogP contribution is 2.46. The fourth-order valence-electron chi connectivity index (χ4n) is 3.37. The number of hydrogen-bond acceptors (Lipinski definition) is 2. The lowest BCUT2D eigenvalue weighted by molar-refractivity contribution is -0.160. The molecule has 0 unspecified atom stereocenters. The van der Waals surface area contributed by atoms with E-state index in [9.17, 15) is 9.59 Å². The topological polar surface area (TPSA) is 74.6 Å². The summed E-state index contributed by atoms with van der Waals surface area (Å²) in [5, 5.41) is 18.3. The summed E-state index contributed by atoms with van der Waals surface area (Å²) >= 11 is 0. The maximum atomic E-state index is 11.1. The molecule has 3 fully saturated rings. The molecular formula is C11H16O4. The Morgan fingerprint density at radius 3 is 1.53 bits per heavy atom. The van der Waals surface area contributed by atoms with Crippen molar-refractivity contribution in [1.29, 1.82) is 0 Å². The van der Waals surface area contributed by atoms with Crippen molar-refractivity contribution >= 4 is 11.9 Å². The third-order valence-corrected chi connectivity index (χ3v) is 4.03. The third kappa shape index (κ3) is 1.73. The summed E-state index contributed by atoms with van der Waals surface area (Å²) in [6.45, 7) is 0. The summed E-state index contributed by atoms with van der Waals surface area (Å²) in [6.07, 6.45) is 4.55. The number of fused-ring (bicyclic) bond motifs is 4. The van der Waals surface area contributed by atoms with Gasteiger partial charge in [0.1, 0.15) is 0 Å². The van der Waals surface area contributed by atoms with Crippen LogP contribution < -0.4 is 0 Å². The Morgan fingerprint density at radius 1 is 0.800 bits per heavy atom. The lowest BCUT2D eigenvalue weighted by Gasteiger charge is -2.35. The first-order valence-electron chi connectivity index (χ1n) is 5.57. The van der Waals surface area contributed by atoms with Crippen LogP contribution in [-0.4, -0.2) is 22.2 Å². The summed E-state index contributed by atoms with van der Waals surface area (Å²) in [4.78, 5) is 22.3. The van der Waals surface area contributed by atoms with Crippen molar-refractivity contribution in [2.45, 2.75) is 32.1 Å². The fraction of sp³-hybridized carbons (Fsp3) is 0.818. The molecule has 0 spiro atoms. The van der Waals surface area contributed by atoms with Crippen molar-refractivity contribution in [3.8, 4) is 0 Å². The third-order valence-electron chi connectivity index (χ3n) is 4.03. The fourth-order valence-corrected chi connectivity index (χ4v) is 3.37. The zero-order chi connectivity index (χ0) is 11.0. The summed E-state index contributed by atoms with van der Waals surface area (Å²) in [7, 11) is 0. The van der Waals surface area contributed by atoms with Gasteiger partial charge in [-0.15, -0.1) is 0 Å². The van der Waals surface area contributed by atoms with Gasteiger partial charge < -0.3 is 10.2 Å². The van der Waals surface area contributed by atoms with E-state index in [0.717, 1.165) is 32.1 Å². The average molecular weight is 212 g/mol. The molecule has 4 atom stereocenters. The standard InChI is InChI=1S/C11H16O4/c12-10(13)8-6-2-1-3-7(5-4-6)9(8)11(14)15/h6-9H,1-5H2,(H,12,13)(H,14,15)/t6-,7-,8+,9+/m0/s1. The molecule has 0 aliphatic heterocycles. The van der Waals surface area contributed by atoms with E-state index < -0.39 is 23.8 Å². The lowest BCUT2D eigenvalue weighted by Crippen LogP contribution is -2.41. The van der Waals surface area contributed by atoms with Gasteiger partial charge >= 0.3 is 11.9 Å². The van der Waals surface area contributed by atoms with E-state index in [0.29, 0.717) is 0 Å². The summed E-state index contributed by atoms with van der Waals surface area (Å²) < 4.78 is 0. The zero-order valence-electron chi connectivity index (χ0n) is 8.56. The van der Waals surface area contributed by atoms with Gasteiger partial charge in [-0.2, -0.15) is 0 Å². The largest absolute Gasteiger partial charge is 0.481 e. The minimum absolute atomic E-state index is 0.0855. The SMILES string of the molecule is O=C(O)[C@@H]1[C@H]2CCC[C@@H](CC2)[C@H]1C(=O)O. The number of aliphatic carboxylic acids is 2. The molecule has 3 aliphatic carbocycles. The van der Waals surface area contributed by atoms with Gasteiger partial charge in [0.25, 0.3) is 0 Å². The van der Waals surface area contributed by atoms with Gasteiger partial charge in [0, 0.05) is 0 Å². The minimum Gasteiger partial charge on any atom is -0.481 e. The van der Waals surface area contributed by atoms with Gasteiger partial charge in [-0.3, -0.25) is 9.59 Å². The average Bonchev–Trinajstić information content (AvgIpc) is 2.48. The molecule has 4 heteroatoms. The Balaban J connectivity index is 2.31. The summed E-state index contributed by atoms with van der Waals surface area (Å²) in [6, 6.07) is 0. The second-order valence-electron chi connectivity index (χ2n) is 4.76. The van der Waals surface area contributed by atoms with E-state index in [2.05, 4.69) is 0 Å². The molecule has 0 aromatic carbocycles. The first-order chi connectivity index (χ1) is 7.11. The van der Waals surface area contributed by atoms with Gasteiger partial charge in [-0.1, -0.05) is 6.42 Å². The molecular weight excluding hydrogens is 196 g/mol. The predicted molar refractivity (Wildman–Crippen MR) is 52.3 cm³/mol. The summed E-state index contributed by atoms with van der Waals surface area (Å²) in [5.74, 6) is -2.96. The van der Waals surface area contributed by atoms with Gasteiger partial charge in [-0.25, -0.2) is 0 Å². The molecule has 3 saturated carbocycles. The molecule has 2 N–H and O–H groups in total. The van der Waals surface area contributed by atoms with E-state index in [1.165, 1.54) is 0 Å². The van der Waals surface area contributed by atoms with Crippen LogP contribution in [0.25, 0.3) is 0 Å². The highest BCUT2D eigenvalue weighted by Gasteiger charge is 2.48. The first-order valence-corrected chi connectivity index (χ1v) is 5.57. The molecule has 0 aromatic heterocycles. The van der Waals surface area contributed by atoms with Crippen LogP contribution in [0.2, 0.25) is 0 Å². The quantitative estimate of drug-likeness (QED) is 0.729. The lowest BCUT2D eigenvalue weighted by atomic mass is 9.68. The van der Waals surface area contributed by atoms with Crippen molar-refractivity contribution in [3.05, 3.63) is 0 Å². The van der Waals surface area contributed by atoms with Crippen molar-refractivity contribution in [1.82, 2.24) is 0 Å². The zero-order valence-corrected chi connectivity index (χ0v) is 8.56. The first kappa shape index (κ1) is 10.5. The molecule has 15 heavy (non-hydrogen) atoms. The Bertz CT molecular complexity index is 254. The molecule has 3 rings (SSSR count). The Kier molecular flexibility index (Phi) is 2.67. The molecule has 0 aromatic rings. The van der Waals surface area contributed by atoms with Crippen LogP contribution in [-0.2, 0) is 9.59 Å². The summed E-state index contributed by atoms with van der Waals surface area (Å²) in [5.41, 5.74) is 0. The molecule has 3 aliphatic rings. The highest BCUT2D eigenvalue weighted by atomic mass is 16.4. The molecule has 4 nitrogen and oxygen atoms in total. The van der Waals surface area contributed by atoms with E-state index in [4.69, 9.17) is 10.2 Å². The number of carboxylic acid groups (broad SMARTS) is 2. The molecule has 2 bridgehead atoms. The van der Waals surface area contributed by atoms with Crippen LogP contribution in [0.4, 0.5) is 0 Å². The van der Waals surface area contributed by atoms with Crippen molar-refractivity contribution in [2.75, 3.05) is 0 Å². The predicted octanol–water partition coefficient (Wildman–Crippen LogP) is 1.60. The van der Waals surface area contributed by atoms with E-state index in [-0.39, 0.29) is 11.8 Å². The van der Waals surface area contributed by atoms with Crippen molar-refractivity contribution in [3.63, 3.8) is 0 Å². The van der Waals surface area contributed by atoms with Gasteiger partial charge in [-0.05, 0) is 37.5 Å². The van der Waals surface area contributed by atoms with Crippen LogP contribution in [0, 0.1) is 23.7 Å². The maximum Gasteiger partial charge on any atom is 0.307 e. The van der Waals surface area contributed by atoms with Gasteiger partial charge in [0.05, 0.1) is 11.8 Å². The van der Waals surface area contributed by atoms with Crippen LogP contribution in [0.1, 0.15) is 32.1 Å². The Hall–Kier alpha value is -1.06. The van der Waals surface area contributed by atoms with Crippen LogP contribution in [0.5, 0.6) is 0 Å². The number of carbonyl (C=O) groups is 2. The second kappa shape index (κ2) is 3.83. The van der Waals surface area contributed by atoms with Crippen LogP contribution >= 0.6 is 0 Å².